The van der Waals surface area contributed by atoms with Crippen molar-refractivity contribution in [3.05, 3.63) is 17.7 Å². The van der Waals surface area contributed by atoms with Crippen molar-refractivity contribution in [3.63, 3.8) is 0 Å². The maximum absolute atomic E-state index is 13.8. The lowest BCUT2D eigenvalue weighted by atomic mass is 10.0. The third-order valence-corrected chi connectivity index (χ3v) is 4.16. The summed E-state index contributed by atoms with van der Waals surface area (Å²) in [6.45, 7) is 3.79. The molecule has 0 radical (unpaired) electrons. The lowest BCUT2D eigenvalue weighted by Crippen LogP contribution is -2.51. The number of fused-ring (bicyclic) bond motifs is 1. The van der Waals surface area contributed by atoms with Gasteiger partial charge in [0.05, 0.1) is 23.9 Å². The molecule has 3 rings (SSSR count). The van der Waals surface area contributed by atoms with E-state index < -0.39 is 18.6 Å². The van der Waals surface area contributed by atoms with Crippen LogP contribution in [0.2, 0.25) is 5.28 Å². The van der Waals surface area contributed by atoms with Crippen molar-refractivity contribution in [2.75, 3.05) is 18.0 Å². The number of hydrogen-bond donors (Lipinski definition) is 1. The summed E-state index contributed by atoms with van der Waals surface area (Å²) in [5.41, 5.74) is 1.91. The van der Waals surface area contributed by atoms with Gasteiger partial charge in [0.2, 0.25) is 5.28 Å². The molecule has 3 heterocycles. The third-order valence-electron chi connectivity index (χ3n) is 3.98. The zero-order valence-corrected chi connectivity index (χ0v) is 13.1. The minimum absolute atomic E-state index is 0.0141. The van der Waals surface area contributed by atoms with E-state index in [1.165, 1.54) is 0 Å². The molecule has 2 aromatic rings. The maximum atomic E-state index is 13.8. The van der Waals surface area contributed by atoms with Crippen LogP contribution in [0.15, 0.2) is 12.4 Å². The van der Waals surface area contributed by atoms with Gasteiger partial charge in [-0.3, -0.25) is 0 Å². The summed E-state index contributed by atoms with van der Waals surface area (Å²) in [5.74, 6) is -3.14. The van der Waals surface area contributed by atoms with Gasteiger partial charge in [0.15, 0.2) is 0 Å². The molecule has 0 amide bonds. The number of piperidine rings is 1. The first-order valence-electron chi connectivity index (χ1n) is 7.13. The summed E-state index contributed by atoms with van der Waals surface area (Å²) in [6.07, 6.45) is 1.82. The Kier molecular flexibility index (Phi) is 3.72. The van der Waals surface area contributed by atoms with E-state index in [-0.39, 0.29) is 17.7 Å². The first-order valence-corrected chi connectivity index (χ1v) is 7.51. The first-order chi connectivity index (χ1) is 10.3. The zero-order valence-electron chi connectivity index (χ0n) is 12.3. The molecule has 0 aliphatic carbocycles. The number of aromatic nitrogens is 3. The number of aliphatic hydroxyl groups excluding tert-OH is 1. The Morgan fingerprint density at radius 1 is 1.45 bits per heavy atom. The highest BCUT2D eigenvalue weighted by Gasteiger charge is 2.44. The molecule has 1 saturated heterocycles. The van der Waals surface area contributed by atoms with Gasteiger partial charge in [-0.25, -0.2) is 18.7 Å². The third kappa shape index (κ3) is 2.52. The Balaban J connectivity index is 2.09. The smallest absolute Gasteiger partial charge is 0.290 e. The van der Waals surface area contributed by atoms with Crippen molar-refractivity contribution >= 4 is 28.3 Å². The van der Waals surface area contributed by atoms with Crippen molar-refractivity contribution < 1.29 is 13.9 Å². The van der Waals surface area contributed by atoms with Crippen LogP contribution in [0.5, 0.6) is 0 Å². The minimum atomic E-state index is -3.14. The second-order valence-electron chi connectivity index (χ2n) is 5.88. The molecular formula is C14H17ClF2N4O. The number of alkyl halides is 2. The van der Waals surface area contributed by atoms with Crippen LogP contribution in [0.3, 0.4) is 0 Å². The number of aliphatic hydroxyl groups is 1. The molecule has 8 heteroatoms. The molecule has 1 aliphatic rings. The highest BCUT2D eigenvalue weighted by molar-refractivity contribution is 6.28. The molecule has 1 aliphatic heterocycles. The van der Waals surface area contributed by atoms with E-state index in [0.717, 1.165) is 5.52 Å². The number of nitrogens with zero attached hydrogens (tertiary/aromatic N) is 4. The number of halogens is 3. The standard InChI is InChI=1S/C14H17ClF2N4O/c1-8(2)21-6-10(12-9(21)5-18-13(15)19-12)20-4-3-11(22)14(16,17)7-20/h5-6,8,11,22H,3-4,7H2,1-2H3. The highest BCUT2D eigenvalue weighted by Crippen LogP contribution is 2.35. The van der Waals surface area contributed by atoms with Crippen molar-refractivity contribution in [3.8, 4) is 0 Å². The normalized spacial score (nSPS) is 21.8. The molecule has 0 spiro atoms. The molecule has 1 atom stereocenters. The van der Waals surface area contributed by atoms with Crippen LogP contribution in [0, 0.1) is 0 Å². The van der Waals surface area contributed by atoms with Crippen molar-refractivity contribution in [2.45, 2.75) is 38.3 Å². The zero-order chi connectivity index (χ0) is 16.1. The summed E-state index contributed by atoms with van der Waals surface area (Å²) < 4.78 is 29.6. The van der Waals surface area contributed by atoms with Crippen molar-refractivity contribution in [1.82, 2.24) is 14.5 Å². The number of hydrogen-bond acceptors (Lipinski definition) is 4. The summed E-state index contributed by atoms with van der Waals surface area (Å²) in [7, 11) is 0. The van der Waals surface area contributed by atoms with Crippen LogP contribution < -0.4 is 4.90 Å². The van der Waals surface area contributed by atoms with Crippen LogP contribution in [0.4, 0.5) is 14.5 Å². The Bertz CT molecular complexity index is 703. The molecule has 2 aromatic heterocycles. The second kappa shape index (κ2) is 5.31. The number of anilines is 1. The van der Waals surface area contributed by atoms with E-state index in [4.69, 9.17) is 11.6 Å². The Morgan fingerprint density at radius 2 is 2.18 bits per heavy atom. The molecular weight excluding hydrogens is 314 g/mol. The molecule has 5 nitrogen and oxygen atoms in total. The fourth-order valence-electron chi connectivity index (χ4n) is 2.79. The average molecular weight is 331 g/mol. The van der Waals surface area contributed by atoms with Crippen LogP contribution in [0.1, 0.15) is 26.3 Å². The van der Waals surface area contributed by atoms with Crippen LogP contribution in [-0.2, 0) is 0 Å². The van der Waals surface area contributed by atoms with Gasteiger partial charge >= 0.3 is 0 Å². The van der Waals surface area contributed by atoms with E-state index in [0.29, 0.717) is 17.7 Å². The molecule has 0 bridgehead atoms. The Hall–Kier alpha value is -1.47. The molecule has 120 valence electrons. The van der Waals surface area contributed by atoms with Crippen LogP contribution >= 0.6 is 11.6 Å². The number of rotatable bonds is 2. The second-order valence-corrected chi connectivity index (χ2v) is 6.21. The van der Waals surface area contributed by atoms with Crippen molar-refractivity contribution in [2.24, 2.45) is 0 Å². The first kappa shape index (κ1) is 15.4. The van der Waals surface area contributed by atoms with Crippen LogP contribution in [0.25, 0.3) is 11.0 Å². The topological polar surface area (TPSA) is 54.2 Å². The van der Waals surface area contributed by atoms with Gasteiger partial charge in [0.25, 0.3) is 5.92 Å². The van der Waals surface area contributed by atoms with Crippen LogP contribution in [-0.4, -0.2) is 44.8 Å². The molecule has 1 unspecified atom stereocenters. The molecule has 0 aromatic carbocycles. The van der Waals surface area contributed by atoms with Gasteiger partial charge in [-0.15, -0.1) is 0 Å². The van der Waals surface area contributed by atoms with Gasteiger partial charge in [-0.05, 0) is 31.9 Å². The van der Waals surface area contributed by atoms with E-state index in [1.54, 1.807) is 17.3 Å². The Labute approximate surface area is 131 Å². The maximum Gasteiger partial charge on any atom is 0.290 e. The van der Waals surface area contributed by atoms with E-state index in [9.17, 15) is 13.9 Å². The Morgan fingerprint density at radius 3 is 2.82 bits per heavy atom. The molecule has 1 N–H and O–H groups in total. The largest absolute Gasteiger partial charge is 0.387 e. The summed E-state index contributed by atoms with van der Waals surface area (Å²) >= 11 is 5.86. The van der Waals surface area contributed by atoms with Gasteiger partial charge < -0.3 is 14.6 Å². The van der Waals surface area contributed by atoms with Gasteiger partial charge in [0, 0.05) is 18.8 Å². The predicted molar refractivity (Wildman–Crippen MR) is 80.7 cm³/mol. The average Bonchev–Trinajstić information content (AvgIpc) is 2.80. The lowest BCUT2D eigenvalue weighted by Gasteiger charge is -2.36. The van der Waals surface area contributed by atoms with E-state index in [2.05, 4.69) is 9.97 Å². The molecule has 0 saturated carbocycles. The fourth-order valence-corrected chi connectivity index (χ4v) is 2.92. The summed E-state index contributed by atoms with van der Waals surface area (Å²) in [4.78, 5) is 9.73. The minimum Gasteiger partial charge on any atom is -0.387 e. The lowest BCUT2D eigenvalue weighted by molar-refractivity contribution is -0.113. The van der Waals surface area contributed by atoms with Gasteiger partial charge in [-0.1, -0.05) is 0 Å². The van der Waals surface area contributed by atoms with E-state index >= 15 is 0 Å². The molecule has 22 heavy (non-hydrogen) atoms. The predicted octanol–water partition coefficient (Wildman–Crippen LogP) is 2.87. The summed E-state index contributed by atoms with van der Waals surface area (Å²) in [5, 5.41) is 9.51. The highest BCUT2D eigenvalue weighted by atomic mass is 35.5. The van der Waals surface area contributed by atoms with Crippen molar-refractivity contribution in [1.29, 1.82) is 0 Å². The SMILES string of the molecule is CC(C)n1cc(N2CCC(O)C(F)(F)C2)c2nc(Cl)ncc21. The monoisotopic (exact) mass is 330 g/mol. The molecule has 1 fully saturated rings. The fraction of sp³-hybridized carbons (Fsp3) is 0.571. The quantitative estimate of drug-likeness (QED) is 0.860. The van der Waals surface area contributed by atoms with E-state index in [1.807, 2.05) is 18.4 Å². The summed E-state index contributed by atoms with van der Waals surface area (Å²) in [6, 6.07) is 0.136. The van der Waals surface area contributed by atoms with Gasteiger partial charge in [-0.2, -0.15) is 0 Å². The van der Waals surface area contributed by atoms with Gasteiger partial charge in [0.1, 0.15) is 11.6 Å².